The van der Waals surface area contributed by atoms with Gasteiger partial charge in [-0.05, 0) is 44.4 Å². The third kappa shape index (κ3) is 8.07. The van der Waals surface area contributed by atoms with Crippen molar-refractivity contribution in [3.8, 4) is 0 Å². The van der Waals surface area contributed by atoms with Gasteiger partial charge in [-0.2, -0.15) is 0 Å². The molecule has 1 aliphatic heterocycles. The lowest BCUT2D eigenvalue weighted by Gasteiger charge is -2.28. The summed E-state index contributed by atoms with van der Waals surface area (Å²) < 4.78 is 0. The number of amides is 3. The van der Waals surface area contributed by atoms with Crippen LogP contribution in [0.25, 0.3) is 0 Å². The first-order valence-corrected chi connectivity index (χ1v) is 13.2. The largest absolute Gasteiger partial charge is 0.344 e. The summed E-state index contributed by atoms with van der Waals surface area (Å²) in [5.74, 6) is -0.325. The third-order valence-corrected chi connectivity index (χ3v) is 6.95. The van der Waals surface area contributed by atoms with Crippen molar-refractivity contribution in [2.45, 2.75) is 117 Å². The Morgan fingerprint density at radius 2 is 1.71 bits per heavy atom. The summed E-state index contributed by atoms with van der Waals surface area (Å²) in [6.07, 6.45) is 5.85. The van der Waals surface area contributed by atoms with E-state index >= 15 is 0 Å². The van der Waals surface area contributed by atoms with E-state index in [1.807, 2.05) is 41.5 Å². The number of carbonyl (C=O) groups is 4. The molecule has 0 unspecified atom stereocenters. The van der Waals surface area contributed by atoms with Gasteiger partial charge in [0.1, 0.15) is 12.1 Å². The van der Waals surface area contributed by atoms with Gasteiger partial charge in [0.05, 0.1) is 12.6 Å². The Morgan fingerprint density at radius 3 is 2.26 bits per heavy atom. The van der Waals surface area contributed by atoms with Crippen LogP contribution in [0, 0.1) is 11.3 Å². The molecule has 0 aromatic heterocycles. The fourth-order valence-electron chi connectivity index (χ4n) is 4.51. The maximum atomic E-state index is 13.3. The maximum Gasteiger partial charge on any atom is 0.243 e. The van der Waals surface area contributed by atoms with E-state index < -0.39 is 18.1 Å². The average molecular weight is 479 g/mol. The van der Waals surface area contributed by atoms with Crippen molar-refractivity contribution in [2.24, 2.45) is 11.3 Å². The molecule has 3 atom stereocenters. The van der Waals surface area contributed by atoms with Crippen molar-refractivity contribution in [1.82, 2.24) is 20.9 Å². The molecule has 2 aliphatic rings. The first-order valence-electron chi connectivity index (χ1n) is 13.2. The molecule has 194 valence electrons. The first-order chi connectivity index (χ1) is 16.0. The average Bonchev–Trinajstić information content (AvgIpc) is 3.32. The number of ketones is 1. The molecule has 34 heavy (non-hydrogen) atoms. The van der Waals surface area contributed by atoms with Gasteiger partial charge in [-0.1, -0.05) is 54.4 Å². The zero-order valence-corrected chi connectivity index (χ0v) is 22.0. The monoisotopic (exact) mass is 478 g/mol. The number of likely N-dealkylation sites (tertiary alicyclic amines) is 1. The molecule has 1 heterocycles. The summed E-state index contributed by atoms with van der Waals surface area (Å²) in [7, 11) is 0. The molecule has 2 rings (SSSR count). The van der Waals surface area contributed by atoms with Gasteiger partial charge >= 0.3 is 0 Å². The highest BCUT2D eigenvalue weighted by Gasteiger charge is 2.48. The Morgan fingerprint density at radius 1 is 1.03 bits per heavy atom. The normalized spacial score (nSPS) is 20.8. The molecule has 0 spiro atoms. The van der Waals surface area contributed by atoms with Gasteiger partial charge in [0.15, 0.2) is 5.78 Å². The van der Waals surface area contributed by atoms with Crippen molar-refractivity contribution in [3.05, 3.63) is 0 Å². The summed E-state index contributed by atoms with van der Waals surface area (Å²) >= 11 is 0. The van der Waals surface area contributed by atoms with E-state index in [2.05, 4.69) is 16.0 Å². The number of nitrogens with one attached hydrogen (secondary N) is 3. The summed E-state index contributed by atoms with van der Waals surface area (Å²) in [6, 6.07) is -1.63. The molecule has 1 saturated carbocycles. The Bertz CT molecular complexity index is 732. The maximum absolute atomic E-state index is 13.3. The number of rotatable bonds is 14. The fraction of sp³-hybridized carbons (Fsp3) is 0.846. The number of hydrogen-bond acceptors (Lipinski definition) is 5. The van der Waals surface area contributed by atoms with Gasteiger partial charge in [-0.3, -0.25) is 19.2 Å². The quantitative estimate of drug-likeness (QED) is 0.356. The lowest BCUT2D eigenvalue weighted by Crippen LogP contribution is -2.56. The molecule has 0 bridgehead atoms. The van der Waals surface area contributed by atoms with Crippen LogP contribution in [0.1, 0.15) is 92.9 Å². The first kappa shape index (κ1) is 28.3. The number of carbonyl (C=O) groups excluding carboxylic acids is 4. The molecular weight excluding hydrogens is 432 g/mol. The molecule has 8 heteroatoms. The van der Waals surface area contributed by atoms with E-state index in [4.69, 9.17) is 0 Å². The molecule has 2 fully saturated rings. The SMILES string of the molecule is CCCC[C@H](NC(=O)[C@@H]1CCCN1C(=O)CNC(C)C)C(=O)N[C@@H](CC(C)C)C(=O)C1(C)CC1. The highest BCUT2D eigenvalue weighted by atomic mass is 16.2. The van der Waals surface area contributed by atoms with Crippen LogP contribution >= 0.6 is 0 Å². The molecule has 0 aromatic carbocycles. The van der Waals surface area contributed by atoms with Gasteiger partial charge in [-0.25, -0.2) is 0 Å². The van der Waals surface area contributed by atoms with E-state index in [0.717, 1.165) is 32.1 Å². The van der Waals surface area contributed by atoms with Crippen LogP contribution in [0.4, 0.5) is 0 Å². The molecule has 0 aromatic rings. The van der Waals surface area contributed by atoms with Crippen molar-refractivity contribution in [2.75, 3.05) is 13.1 Å². The van der Waals surface area contributed by atoms with E-state index in [0.29, 0.717) is 25.8 Å². The van der Waals surface area contributed by atoms with Gasteiger partial charge in [0, 0.05) is 18.0 Å². The summed E-state index contributed by atoms with van der Waals surface area (Å²) in [5, 5.41) is 9.01. The number of hydrogen-bond donors (Lipinski definition) is 3. The minimum atomic E-state index is -0.715. The van der Waals surface area contributed by atoms with Crippen molar-refractivity contribution >= 4 is 23.5 Å². The molecule has 3 N–H and O–H groups in total. The Balaban J connectivity index is 2.06. The van der Waals surface area contributed by atoms with E-state index in [9.17, 15) is 19.2 Å². The van der Waals surface area contributed by atoms with Gasteiger partial charge in [0.25, 0.3) is 0 Å². The lowest BCUT2D eigenvalue weighted by molar-refractivity contribution is -0.139. The van der Waals surface area contributed by atoms with Crippen LogP contribution in [0.5, 0.6) is 0 Å². The standard InChI is InChI=1S/C26H46N4O4/c1-7-8-10-19(24(33)29-20(15-17(2)3)23(32)26(6)12-13-26)28-25(34)21-11-9-14-30(21)22(31)16-27-18(4)5/h17-21,27H,7-16H2,1-6H3,(H,28,34)(H,29,33)/t19-,20-,21-/m0/s1. The van der Waals surface area contributed by atoms with Gasteiger partial charge in [-0.15, -0.1) is 0 Å². The van der Waals surface area contributed by atoms with Crippen LogP contribution in [0.3, 0.4) is 0 Å². The van der Waals surface area contributed by atoms with E-state index in [-0.39, 0.29) is 47.4 Å². The molecule has 8 nitrogen and oxygen atoms in total. The van der Waals surface area contributed by atoms with Crippen LogP contribution in [0.15, 0.2) is 0 Å². The Kier molecular flexibility index (Phi) is 10.5. The Hall–Kier alpha value is -1.96. The van der Waals surface area contributed by atoms with E-state index in [1.54, 1.807) is 4.90 Å². The van der Waals surface area contributed by atoms with Crippen molar-refractivity contribution < 1.29 is 19.2 Å². The lowest BCUT2D eigenvalue weighted by atomic mass is 9.91. The number of Topliss-reactive ketones (excluding diaryl/α,β-unsaturated/α-hetero) is 1. The van der Waals surface area contributed by atoms with Crippen molar-refractivity contribution in [3.63, 3.8) is 0 Å². The molecule has 1 saturated heterocycles. The third-order valence-electron chi connectivity index (χ3n) is 6.95. The second-order valence-electron chi connectivity index (χ2n) is 11.1. The van der Waals surface area contributed by atoms with Crippen molar-refractivity contribution in [1.29, 1.82) is 0 Å². The zero-order chi connectivity index (χ0) is 25.5. The molecule has 1 aliphatic carbocycles. The second-order valence-corrected chi connectivity index (χ2v) is 11.1. The minimum absolute atomic E-state index is 0.0961. The molecule has 0 radical (unpaired) electrons. The molecular formula is C26H46N4O4. The Labute approximate surface area is 205 Å². The molecule has 3 amide bonds. The minimum Gasteiger partial charge on any atom is -0.344 e. The van der Waals surface area contributed by atoms with Gasteiger partial charge in [0.2, 0.25) is 17.7 Å². The van der Waals surface area contributed by atoms with Gasteiger partial charge < -0.3 is 20.9 Å². The van der Waals surface area contributed by atoms with Crippen LogP contribution < -0.4 is 16.0 Å². The fourth-order valence-corrected chi connectivity index (χ4v) is 4.51. The highest BCUT2D eigenvalue weighted by Crippen LogP contribution is 2.47. The smallest absolute Gasteiger partial charge is 0.243 e. The highest BCUT2D eigenvalue weighted by molar-refractivity contribution is 5.97. The predicted octanol–water partition coefficient (Wildman–Crippen LogP) is 2.55. The summed E-state index contributed by atoms with van der Waals surface area (Å²) in [5.41, 5.74) is -0.330. The van der Waals surface area contributed by atoms with Crippen LogP contribution in [0.2, 0.25) is 0 Å². The number of unbranched alkanes of at least 4 members (excludes halogenated alkanes) is 1. The van der Waals surface area contributed by atoms with Crippen LogP contribution in [-0.4, -0.2) is 65.7 Å². The summed E-state index contributed by atoms with van der Waals surface area (Å²) in [6.45, 7) is 12.8. The second kappa shape index (κ2) is 12.7. The zero-order valence-electron chi connectivity index (χ0n) is 22.0. The summed E-state index contributed by atoms with van der Waals surface area (Å²) in [4.78, 5) is 53.7. The number of nitrogens with zero attached hydrogens (tertiary/aromatic N) is 1. The predicted molar refractivity (Wildman–Crippen MR) is 133 cm³/mol. The van der Waals surface area contributed by atoms with Crippen LogP contribution in [-0.2, 0) is 19.2 Å². The topological polar surface area (TPSA) is 108 Å². The van der Waals surface area contributed by atoms with E-state index in [1.165, 1.54) is 0 Å².